The number of carbonyl (C=O) groups excluding carboxylic acids is 1. The summed E-state index contributed by atoms with van der Waals surface area (Å²) in [6.45, 7) is 6.29. The number of hydrogen-bond donors (Lipinski definition) is 1. The number of nitrogens with zero attached hydrogens (tertiary/aromatic N) is 5. The van der Waals surface area contributed by atoms with Crippen molar-refractivity contribution in [3.05, 3.63) is 35.8 Å². The van der Waals surface area contributed by atoms with Crippen LogP contribution in [0, 0.1) is 5.92 Å². The maximum Gasteiger partial charge on any atom is 0.224 e. The Morgan fingerprint density at radius 2 is 2.21 bits per heavy atom. The highest BCUT2D eigenvalue weighted by atomic mass is 16.3. The number of aromatic nitrogens is 3. The molecule has 1 atom stereocenters. The molecule has 1 unspecified atom stereocenters. The Bertz CT molecular complexity index is 772. The zero-order valence-corrected chi connectivity index (χ0v) is 16.6. The molecule has 0 radical (unpaired) electrons. The van der Waals surface area contributed by atoms with Gasteiger partial charge in [0.15, 0.2) is 0 Å². The second-order valence-electron chi connectivity index (χ2n) is 7.98. The summed E-state index contributed by atoms with van der Waals surface area (Å²) >= 11 is 0. The summed E-state index contributed by atoms with van der Waals surface area (Å²) in [5.74, 6) is 2.31. The average Bonchev–Trinajstić information content (AvgIpc) is 3.29. The Morgan fingerprint density at radius 3 is 3.04 bits per heavy atom. The van der Waals surface area contributed by atoms with Gasteiger partial charge in [-0.25, -0.2) is 0 Å². The molecule has 0 bridgehead atoms. The van der Waals surface area contributed by atoms with Crippen molar-refractivity contribution in [1.82, 2.24) is 29.9 Å². The number of likely N-dealkylation sites (tertiary alicyclic amines) is 1. The van der Waals surface area contributed by atoms with Gasteiger partial charge >= 0.3 is 0 Å². The van der Waals surface area contributed by atoms with Gasteiger partial charge in [0.2, 0.25) is 5.91 Å². The standard InChI is InChI=1S/C20H30N6O2/c1-24-8-2-3-17(14-24)20(27)21-7-4-18-22-23-19-5-9-25(10-11-26(18)19)13-16-6-12-28-15-16/h6,12,15,17H,2-5,7-11,13-14H2,1H3,(H,21,27). The second kappa shape index (κ2) is 8.87. The molecular weight excluding hydrogens is 356 g/mol. The highest BCUT2D eigenvalue weighted by Crippen LogP contribution is 2.15. The predicted molar refractivity (Wildman–Crippen MR) is 105 cm³/mol. The number of furan rings is 1. The van der Waals surface area contributed by atoms with Crippen molar-refractivity contribution in [2.24, 2.45) is 5.92 Å². The molecule has 2 aliphatic rings. The van der Waals surface area contributed by atoms with Crippen LogP contribution in [0.1, 0.15) is 30.1 Å². The minimum absolute atomic E-state index is 0.116. The number of nitrogens with one attached hydrogen (secondary N) is 1. The maximum atomic E-state index is 12.4. The smallest absolute Gasteiger partial charge is 0.224 e. The van der Waals surface area contributed by atoms with Crippen molar-refractivity contribution in [2.75, 3.05) is 39.8 Å². The molecule has 0 aliphatic carbocycles. The molecule has 0 saturated carbocycles. The Kier molecular flexibility index (Phi) is 6.07. The lowest BCUT2D eigenvalue weighted by Gasteiger charge is -2.28. The molecule has 1 saturated heterocycles. The van der Waals surface area contributed by atoms with E-state index in [1.165, 1.54) is 5.56 Å². The van der Waals surface area contributed by atoms with Crippen molar-refractivity contribution < 1.29 is 9.21 Å². The molecule has 1 fully saturated rings. The van der Waals surface area contributed by atoms with Crippen molar-refractivity contribution in [3.63, 3.8) is 0 Å². The van der Waals surface area contributed by atoms with Gasteiger partial charge in [0.1, 0.15) is 11.6 Å². The summed E-state index contributed by atoms with van der Waals surface area (Å²) in [7, 11) is 2.08. The van der Waals surface area contributed by atoms with Crippen molar-refractivity contribution in [3.8, 4) is 0 Å². The van der Waals surface area contributed by atoms with Crippen LogP contribution in [0.3, 0.4) is 0 Å². The lowest BCUT2D eigenvalue weighted by atomic mass is 9.97. The van der Waals surface area contributed by atoms with Gasteiger partial charge in [-0.15, -0.1) is 10.2 Å². The van der Waals surface area contributed by atoms with Crippen molar-refractivity contribution in [1.29, 1.82) is 0 Å². The zero-order valence-electron chi connectivity index (χ0n) is 16.6. The monoisotopic (exact) mass is 386 g/mol. The first kappa shape index (κ1) is 19.1. The van der Waals surface area contributed by atoms with E-state index in [4.69, 9.17) is 4.42 Å². The summed E-state index contributed by atoms with van der Waals surface area (Å²) < 4.78 is 7.41. The summed E-state index contributed by atoms with van der Waals surface area (Å²) in [6, 6.07) is 2.02. The lowest BCUT2D eigenvalue weighted by Crippen LogP contribution is -2.42. The zero-order chi connectivity index (χ0) is 19.3. The third kappa shape index (κ3) is 4.62. The third-order valence-electron chi connectivity index (χ3n) is 5.82. The van der Waals surface area contributed by atoms with Gasteiger partial charge in [0.25, 0.3) is 0 Å². The van der Waals surface area contributed by atoms with Gasteiger partial charge in [0.05, 0.1) is 18.4 Å². The van der Waals surface area contributed by atoms with E-state index in [1.807, 2.05) is 12.3 Å². The highest BCUT2D eigenvalue weighted by molar-refractivity contribution is 5.78. The molecule has 2 aliphatic heterocycles. The number of hydrogen-bond acceptors (Lipinski definition) is 6. The van der Waals surface area contributed by atoms with Gasteiger partial charge in [-0.1, -0.05) is 0 Å². The lowest BCUT2D eigenvalue weighted by molar-refractivity contribution is -0.126. The molecule has 0 spiro atoms. The Morgan fingerprint density at radius 1 is 1.29 bits per heavy atom. The van der Waals surface area contributed by atoms with E-state index in [9.17, 15) is 4.79 Å². The number of rotatable bonds is 6. The fourth-order valence-electron chi connectivity index (χ4n) is 4.23. The van der Waals surface area contributed by atoms with Crippen LogP contribution in [0.25, 0.3) is 0 Å². The fraction of sp³-hybridized carbons (Fsp3) is 0.650. The van der Waals surface area contributed by atoms with Gasteiger partial charge in [-0.2, -0.15) is 0 Å². The number of amides is 1. The molecule has 2 aromatic rings. The number of carbonyl (C=O) groups is 1. The van der Waals surface area contributed by atoms with Crippen LogP contribution >= 0.6 is 0 Å². The van der Waals surface area contributed by atoms with E-state index < -0.39 is 0 Å². The largest absolute Gasteiger partial charge is 0.472 e. The van der Waals surface area contributed by atoms with Gasteiger partial charge in [-0.3, -0.25) is 9.69 Å². The topological polar surface area (TPSA) is 79.4 Å². The van der Waals surface area contributed by atoms with Crippen LogP contribution in [0.2, 0.25) is 0 Å². The van der Waals surface area contributed by atoms with Crippen LogP contribution < -0.4 is 5.32 Å². The maximum absolute atomic E-state index is 12.4. The minimum atomic E-state index is 0.116. The van der Waals surface area contributed by atoms with Crippen LogP contribution in [0.5, 0.6) is 0 Å². The Hall–Kier alpha value is -2.19. The molecule has 0 aromatic carbocycles. The first-order valence-corrected chi connectivity index (χ1v) is 10.3. The SMILES string of the molecule is CN1CCCC(C(=O)NCCc2nnc3n2CCN(Cc2ccoc2)CC3)C1. The van der Waals surface area contributed by atoms with Crippen molar-refractivity contribution in [2.45, 2.75) is 38.8 Å². The molecule has 1 amide bonds. The van der Waals surface area contributed by atoms with E-state index in [0.717, 1.165) is 76.6 Å². The highest BCUT2D eigenvalue weighted by Gasteiger charge is 2.24. The van der Waals surface area contributed by atoms with Crippen LogP contribution in [0.4, 0.5) is 0 Å². The quantitative estimate of drug-likeness (QED) is 0.796. The van der Waals surface area contributed by atoms with Crippen LogP contribution in [-0.2, 0) is 30.7 Å². The van der Waals surface area contributed by atoms with E-state index in [0.29, 0.717) is 6.54 Å². The summed E-state index contributed by atoms with van der Waals surface area (Å²) in [5, 5.41) is 11.9. The molecule has 4 heterocycles. The van der Waals surface area contributed by atoms with Crippen LogP contribution in [-0.4, -0.2) is 70.2 Å². The van der Waals surface area contributed by atoms with E-state index in [-0.39, 0.29) is 11.8 Å². The molecule has 1 N–H and O–H groups in total. The molecule has 2 aromatic heterocycles. The summed E-state index contributed by atoms with van der Waals surface area (Å²) in [6.07, 6.45) is 7.24. The van der Waals surface area contributed by atoms with Gasteiger partial charge in [0, 0.05) is 57.7 Å². The second-order valence-corrected chi connectivity index (χ2v) is 7.98. The normalized spacial score (nSPS) is 21.2. The third-order valence-corrected chi connectivity index (χ3v) is 5.82. The van der Waals surface area contributed by atoms with Crippen LogP contribution in [0.15, 0.2) is 23.0 Å². The number of piperidine rings is 1. The summed E-state index contributed by atoms with van der Waals surface area (Å²) in [4.78, 5) is 17.1. The molecule has 4 rings (SSSR count). The van der Waals surface area contributed by atoms with Crippen molar-refractivity contribution >= 4 is 5.91 Å². The van der Waals surface area contributed by atoms with Gasteiger partial charge in [-0.05, 0) is 32.5 Å². The molecule has 8 heteroatoms. The molecule has 28 heavy (non-hydrogen) atoms. The predicted octanol–water partition coefficient (Wildman–Crippen LogP) is 0.930. The van der Waals surface area contributed by atoms with Gasteiger partial charge < -0.3 is 19.2 Å². The van der Waals surface area contributed by atoms with E-state index >= 15 is 0 Å². The number of fused-ring (bicyclic) bond motifs is 1. The first-order chi connectivity index (χ1) is 13.7. The van der Waals surface area contributed by atoms with E-state index in [2.05, 4.69) is 36.9 Å². The fourth-order valence-corrected chi connectivity index (χ4v) is 4.23. The first-order valence-electron chi connectivity index (χ1n) is 10.3. The molecule has 8 nitrogen and oxygen atoms in total. The average molecular weight is 387 g/mol. The minimum Gasteiger partial charge on any atom is -0.472 e. The summed E-state index contributed by atoms with van der Waals surface area (Å²) in [5.41, 5.74) is 1.20. The Labute approximate surface area is 165 Å². The van der Waals surface area contributed by atoms with E-state index in [1.54, 1.807) is 6.26 Å². The molecule has 152 valence electrons. The Balaban J connectivity index is 1.27. The molecular formula is C20H30N6O2.